The number of carbonyl (C=O) groups is 1. The Labute approximate surface area is 99.6 Å². The Balaban J connectivity index is 2.53. The van der Waals surface area contributed by atoms with Crippen molar-refractivity contribution in [1.82, 2.24) is 10.2 Å². The minimum absolute atomic E-state index is 0.128. The molecule has 0 saturated heterocycles. The summed E-state index contributed by atoms with van der Waals surface area (Å²) < 4.78 is 0. The summed E-state index contributed by atoms with van der Waals surface area (Å²) in [5, 5.41) is 3.01. The molecule has 0 aromatic heterocycles. The number of hydrogen-bond acceptors (Lipinski definition) is 1. The van der Waals surface area contributed by atoms with Crippen LogP contribution in [0.5, 0.6) is 0 Å². The van der Waals surface area contributed by atoms with E-state index in [-0.39, 0.29) is 12.1 Å². The number of hydrogen-bond donors (Lipinski definition) is 1. The smallest absolute Gasteiger partial charge is 0.317 e. The van der Waals surface area contributed by atoms with E-state index in [4.69, 9.17) is 0 Å². The first-order chi connectivity index (χ1) is 7.65. The van der Waals surface area contributed by atoms with Crippen molar-refractivity contribution < 1.29 is 4.79 Å². The predicted octanol–water partition coefficient (Wildman–Crippen LogP) is 3.15. The Morgan fingerprint density at radius 1 is 1.31 bits per heavy atom. The molecule has 1 fully saturated rings. The number of urea groups is 1. The molecule has 0 aliphatic heterocycles. The lowest BCUT2D eigenvalue weighted by molar-refractivity contribution is 0.153. The van der Waals surface area contributed by atoms with Crippen LogP contribution in [-0.4, -0.2) is 29.6 Å². The minimum atomic E-state index is 0.128. The van der Waals surface area contributed by atoms with E-state index in [1.165, 1.54) is 32.1 Å². The summed E-state index contributed by atoms with van der Waals surface area (Å²) in [5.41, 5.74) is 0. The van der Waals surface area contributed by atoms with Crippen LogP contribution in [0.25, 0.3) is 0 Å². The van der Waals surface area contributed by atoms with Gasteiger partial charge in [0.05, 0.1) is 0 Å². The average molecular weight is 226 g/mol. The van der Waals surface area contributed by atoms with Gasteiger partial charge in [0, 0.05) is 18.6 Å². The highest BCUT2D eigenvalue weighted by Crippen LogP contribution is 2.22. The fraction of sp³-hybridized carbons (Fsp3) is 0.923. The Bertz CT molecular complexity index is 210. The van der Waals surface area contributed by atoms with Crippen molar-refractivity contribution in [3.05, 3.63) is 0 Å². The topological polar surface area (TPSA) is 32.3 Å². The van der Waals surface area contributed by atoms with E-state index >= 15 is 0 Å². The van der Waals surface area contributed by atoms with E-state index in [0.29, 0.717) is 6.04 Å². The van der Waals surface area contributed by atoms with Crippen LogP contribution in [0.1, 0.15) is 59.3 Å². The maximum Gasteiger partial charge on any atom is 0.317 e. The lowest BCUT2D eigenvalue weighted by Gasteiger charge is -2.34. The van der Waals surface area contributed by atoms with Crippen molar-refractivity contribution >= 4 is 6.03 Å². The van der Waals surface area contributed by atoms with Gasteiger partial charge in [-0.3, -0.25) is 0 Å². The van der Waals surface area contributed by atoms with Gasteiger partial charge >= 0.3 is 6.03 Å². The molecule has 2 amide bonds. The maximum atomic E-state index is 12.1. The minimum Gasteiger partial charge on any atom is -0.336 e. The number of nitrogens with one attached hydrogen (secondary N) is 1. The van der Waals surface area contributed by atoms with Crippen molar-refractivity contribution in [3.63, 3.8) is 0 Å². The summed E-state index contributed by atoms with van der Waals surface area (Å²) in [5.74, 6) is 0. The quantitative estimate of drug-likeness (QED) is 0.784. The lowest BCUT2D eigenvalue weighted by atomic mass is 9.94. The highest BCUT2D eigenvalue weighted by molar-refractivity contribution is 5.74. The fourth-order valence-electron chi connectivity index (χ4n) is 2.41. The normalized spacial score (nSPS) is 17.5. The van der Waals surface area contributed by atoms with E-state index < -0.39 is 0 Å². The molecule has 3 heteroatoms. The standard InChI is InChI=1S/C13H26N2O/c1-4-10-15(13(16)14-11(2)3)12-8-6-5-7-9-12/h11-12H,4-10H2,1-3H3,(H,14,16). The SMILES string of the molecule is CCCN(C(=O)NC(C)C)C1CCCCC1. The molecule has 1 saturated carbocycles. The largest absolute Gasteiger partial charge is 0.336 e. The lowest BCUT2D eigenvalue weighted by Crippen LogP contribution is -2.49. The second kappa shape index (κ2) is 6.77. The molecule has 0 bridgehead atoms. The summed E-state index contributed by atoms with van der Waals surface area (Å²) in [4.78, 5) is 14.1. The van der Waals surface area contributed by atoms with Crippen LogP contribution in [0.15, 0.2) is 0 Å². The zero-order valence-electron chi connectivity index (χ0n) is 11.0. The van der Waals surface area contributed by atoms with E-state index in [0.717, 1.165) is 13.0 Å². The van der Waals surface area contributed by atoms with E-state index in [2.05, 4.69) is 17.1 Å². The third kappa shape index (κ3) is 4.03. The molecule has 0 aromatic carbocycles. The molecule has 94 valence electrons. The second-order valence-electron chi connectivity index (χ2n) is 5.09. The Kier molecular flexibility index (Phi) is 5.64. The molecule has 1 rings (SSSR count). The van der Waals surface area contributed by atoms with Gasteiger partial charge in [0.1, 0.15) is 0 Å². The molecule has 0 spiro atoms. The van der Waals surface area contributed by atoms with Crippen molar-refractivity contribution in [2.75, 3.05) is 6.54 Å². The molecule has 3 nitrogen and oxygen atoms in total. The molecule has 16 heavy (non-hydrogen) atoms. The van der Waals surface area contributed by atoms with Crippen LogP contribution in [-0.2, 0) is 0 Å². The molecular formula is C13H26N2O. The van der Waals surface area contributed by atoms with E-state index in [9.17, 15) is 4.79 Å². The zero-order chi connectivity index (χ0) is 12.0. The van der Waals surface area contributed by atoms with Crippen molar-refractivity contribution in [1.29, 1.82) is 0 Å². The predicted molar refractivity (Wildman–Crippen MR) is 67.5 cm³/mol. The van der Waals surface area contributed by atoms with Crippen LogP contribution in [0.3, 0.4) is 0 Å². The third-order valence-electron chi connectivity index (χ3n) is 3.15. The first kappa shape index (κ1) is 13.3. The number of amides is 2. The van der Waals surface area contributed by atoms with Crippen LogP contribution >= 0.6 is 0 Å². The third-order valence-corrected chi connectivity index (χ3v) is 3.15. The number of carbonyl (C=O) groups excluding carboxylic acids is 1. The van der Waals surface area contributed by atoms with Gasteiger partial charge in [-0.15, -0.1) is 0 Å². The average Bonchev–Trinajstić information content (AvgIpc) is 2.26. The molecule has 1 aliphatic rings. The summed E-state index contributed by atoms with van der Waals surface area (Å²) in [6.45, 7) is 7.06. The Morgan fingerprint density at radius 3 is 2.44 bits per heavy atom. The van der Waals surface area contributed by atoms with Gasteiger partial charge in [-0.2, -0.15) is 0 Å². The molecule has 0 radical (unpaired) electrons. The second-order valence-corrected chi connectivity index (χ2v) is 5.09. The van der Waals surface area contributed by atoms with E-state index in [1.807, 2.05) is 13.8 Å². The Morgan fingerprint density at radius 2 is 1.94 bits per heavy atom. The highest BCUT2D eigenvalue weighted by Gasteiger charge is 2.24. The molecule has 1 N–H and O–H groups in total. The van der Waals surface area contributed by atoms with Crippen LogP contribution in [0.2, 0.25) is 0 Å². The van der Waals surface area contributed by atoms with Crippen molar-refractivity contribution in [2.45, 2.75) is 71.4 Å². The molecule has 0 aromatic rings. The zero-order valence-corrected chi connectivity index (χ0v) is 11.0. The Hall–Kier alpha value is -0.730. The van der Waals surface area contributed by atoms with E-state index in [1.54, 1.807) is 0 Å². The van der Waals surface area contributed by atoms with Crippen LogP contribution < -0.4 is 5.32 Å². The summed E-state index contributed by atoms with van der Waals surface area (Å²) in [6, 6.07) is 0.839. The molecule has 0 atom stereocenters. The molecule has 1 aliphatic carbocycles. The number of nitrogens with zero attached hydrogens (tertiary/aromatic N) is 1. The number of rotatable bonds is 4. The summed E-state index contributed by atoms with van der Waals surface area (Å²) in [6.07, 6.45) is 7.31. The van der Waals surface area contributed by atoms with Crippen molar-refractivity contribution in [3.8, 4) is 0 Å². The van der Waals surface area contributed by atoms with Gasteiger partial charge in [0.25, 0.3) is 0 Å². The first-order valence-electron chi connectivity index (χ1n) is 6.72. The fourth-order valence-corrected chi connectivity index (χ4v) is 2.41. The highest BCUT2D eigenvalue weighted by atomic mass is 16.2. The van der Waals surface area contributed by atoms with Crippen LogP contribution in [0.4, 0.5) is 4.79 Å². The molecular weight excluding hydrogens is 200 g/mol. The van der Waals surface area contributed by atoms with Crippen molar-refractivity contribution in [2.24, 2.45) is 0 Å². The summed E-state index contributed by atoms with van der Waals surface area (Å²) >= 11 is 0. The molecule has 0 unspecified atom stereocenters. The monoisotopic (exact) mass is 226 g/mol. The van der Waals surface area contributed by atoms with Gasteiger partial charge in [-0.1, -0.05) is 26.2 Å². The first-order valence-corrected chi connectivity index (χ1v) is 6.72. The van der Waals surface area contributed by atoms with Gasteiger partial charge in [0.15, 0.2) is 0 Å². The van der Waals surface area contributed by atoms with Gasteiger partial charge in [0.2, 0.25) is 0 Å². The van der Waals surface area contributed by atoms with Gasteiger partial charge in [-0.05, 0) is 33.1 Å². The van der Waals surface area contributed by atoms with Crippen LogP contribution in [0, 0.1) is 0 Å². The maximum absolute atomic E-state index is 12.1. The van der Waals surface area contributed by atoms with Gasteiger partial charge in [-0.25, -0.2) is 4.79 Å². The van der Waals surface area contributed by atoms with Gasteiger partial charge < -0.3 is 10.2 Å². The summed E-state index contributed by atoms with van der Waals surface area (Å²) in [7, 11) is 0. The molecule has 0 heterocycles.